The van der Waals surface area contributed by atoms with Gasteiger partial charge >= 0.3 is 0 Å². The van der Waals surface area contributed by atoms with Gasteiger partial charge in [0.15, 0.2) is 0 Å². The van der Waals surface area contributed by atoms with Crippen molar-refractivity contribution >= 4 is 21.1 Å². The maximum Gasteiger partial charge on any atom is 0.214 e. The minimum atomic E-state index is -3.27. The Bertz CT molecular complexity index is 719. The normalized spacial score (nSPS) is 13.8. The molecule has 1 aromatic carbocycles. The van der Waals surface area contributed by atoms with Gasteiger partial charge in [-0.15, -0.1) is 0 Å². The van der Waals surface area contributed by atoms with Gasteiger partial charge in [0.25, 0.3) is 0 Å². The highest BCUT2D eigenvalue weighted by molar-refractivity contribution is 7.90. The van der Waals surface area contributed by atoms with Crippen LogP contribution in [0.1, 0.15) is 37.2 Å². The average Bonchev–Trinajstić information content (AvgIpc) is 2.84. The van der Waals surface area contributed by atoms with Crippen LogP contribution in [0.4, 0.5) is 0 Å². The monoisotopic (exact) mass is 295 g/mol. The third kappa shape index (κ3) is 2.86. The Kier molecular flexibility index (Phi) is 4.15. The van der Waals surface area contributed by atoms with Gasteiger partial charge < -0.3 is 4.98 Å². The molecule has 2 rings (SSSR count). The molecule has 1 heterocycles. The highest BCUT2D eigenvalue weighted by Crippen LogP contribution is 2.19. The van der Waals surface area contributed by atoms with Crippen molar-refractivity contribution in [1.29, 1.82) is 0 Å². The number of aryl methyl sites for hydroxylation is 2. The lowest BCUT2D eigenvalue weighted by molar-refractivity contribution is 0.564. The van der Waals surface area contributed by atoms with Gasteiger partial charge in [0, 0.05) is 0 Å². The quantitative estimate of drug-likeness (QED) is 0.889. The molecular formula is C14H21N3O2S. The van der Waals surface area contributed by atoms with Crippen molar-refractivity contribution in [1.82, 2.24) is 14.7 Å². The molecule has 0 aliphatic rings. The molecule has 0 saturated carbocycles. The van der Waals surface area contributed by atoms with Crippen molar-refractivity contribution < 1.29 is 8.42 Å². The molecule has 5 nitrogen and oxygen atoms in total. The van der Waals surface area contributed by atoms with E-state index in [0.717, 1.165) is 16.6 Å². The molecule has 2 aromatic rings. The predicted octanol–water partition coefficient (Wildman–Crippen LogP) is 2.40. The number of benzene rings is 1. The van der Waals surface area contributed by atoms with E-state index in [0.29, 0.717) is 12.2 Å². The molecule has 1 atom stereocenters. The minimum Gasteiger partial charge on any atom is -0.341 e. The van der Waals surface area contributed by atoms with E-state index in [4.69, 9.17) is 0 Å². The molecular weight excluding hydrogens is 274 g/mol. The van der Waals surface area contributed by atoms with Gasteiger partial charge in [0.05, 0.1) is 22.8 Å². The standard InChI is InChI=1S/C14H21N3O2S/c1-5-10(3)20(18,19)15-8-13-16-12-7-6-9(2)11(4)14(12)17-13/h6-7,10,15H,5,8H2,1-4H3,(H,16,17)/t10-/m1/s1. The van der Waals surface area contributed by atoms with Crippen LogP contribution in [-0.2, 0) is 16.6 Å². The van der Waals surface area contributed by atoms with E-state index in [2.05, 4.69) is 14.7 Å². The maximum atomic E-state index is 11.9. The van der Waals surface area contributed by atoms with Crippen LogP contribution in [0.5, 0.6) is 0 Å². The zero-order chi connectivity index (χ0) is 14.9. The molecule has 110 valence electrons. The Balaban J connectivity index is 2.22. The fourth-order valence-electron chi connectivity index (χ4n) is 1.98. The van der Waals surface area contributed by atoms with Crippen LogP contribution in [0.3, 0.4) is 0 Å². The molecule has 0 unspecified atom stereocenters. The number of H-pyrrole nitrogens is 1. The van der Waals surface area contributed by atoms with Crippen LogP contribution in [0.2, 0.25) is 0 Å². The van der Waals surface area contributed by atoms with E-state index < -0.39 is 15.3 Å². The molecule has 0 radical (unpaired) electrons. The zero-order valence-corrected chi connectivity index (χ0v) is 13.1. The largest absolute Gasteiger partial charge is 0.341 e. The summed E-state index contributed by atoms with van der Waals surface area (Å²) in [5, 5.41) is -0.393. The lowest BCUT2D eigenvalue weighted by atomic mass is 10.1. The smallest absolute Gasteiger partial charge is 0.214 e. The molecule has 0 amide bonds. The van der Waals surface area contributed by atoms with Gasteiger partial charge in [0.1, 0.15) is 5.82 Å². The number of imidazole rings is 1. The first-order valence-electron chi connectivity index (χ1n) is 6.78. The molecule has 0 bridgehead atoms. The van der Waals surface area contributed by atoms with Crippen LogP contribution in [-0.4, -0.2) is 23.6 Å². The zero-order valence-electron chi connectivity index (χ0n) is 12.3. The first-order valence-corrected chi connectivity index (χ1v) is 8.33. The van der Waals surface area contributed by atoms with Crippen LogP contribution < -0.4 is 4.72 Å². The third-order valence-corrected chi connectivity index (χ3v) is 5.71. The fraction of sp³-hybridized carbons (Fsp3) is 0.500. The summed E-state index contributed by atoms with van der Waals surface area (Å²) >= 11 is 0. The molecule has 0 saturated heterocycles. The lowest BCUT2D eigenvalue weighted by Gasteiger charge is -2.10. The first kappa shape index (κ1) is 15.0. The Labute approximate surface area is 119 Å². The lowest BCUT2D eigenvalue weighted by Crippen LogP contribution is -2.32. The number of sulfonamides is 1. The number of aromatic amines is 1. The number of hydrogen-bond acceptors (Lipinski definition) is 3. The van der Waals surface area contributed by atoms with Gasteiger partial charge in [-0.25, -0.2) is 18.1 Å². The SMILES string of the molecule is CC[C@@H](C)S(=O)(=O)NCc1nc2c(C)c(C)ccc2[nH]1. The van der Waals surface area contributed by atoms with E-state index in [9.17, 15) is 8.42 Å². The summed E-state index contributed by atoms with van der Waals surface area (Å²) < 4.78 is 26.4. The summed E-state index contributed by atoms with van der Waals surface area (Å²) in [7, 11) is -3.27. The van der Waals surface area contributed by atoms with E-state index in [1.807, 2.05) is 32.9 Å². The van der Waals surface area contributed by atoms with Crippen LogP contribution in [0, 0.1) is 13.8 Å². The molecule has 2 N–H and O–H groups in total. The highest BCUT2D eigenvalue weighted by Gasteiger charge is 2.18. The topological polar surface area (TPSA) is 74.8 Å². The van der Waals surface area contributed by atoms with E-state index in [1.165, 1.54) is 5.56 Å². The summed E-state index contributed by atoms with van der Waals surface area (Å²) in [6.45, 7) is 7.81. The van der Waals surface area contributed by atoms with E-state index >= 15 is 0 Å². The number of nitrogens with one attached hydrogen (secondary N) is 2. The summed E-state index contributed by atoms with van der Waals surface area (Å²) in [5.41, 5.74) is 4.14. The van der Waals surface area contributed by atoms with Crippen molar-refractivity contribution in [2.24, 2.45) is 0 Å². The second-order valence-corrected chi connectivity index (χ2v) is 7.36. The number of fused-ring (bicyclic) bond motifs is 1. The van der Waals surface area contributed by atoms with E-state index in [-0.39, 0.29) is 6.54 Å². The van der Waals surface area contributed by atoms with Crippen LogP contribution in [0.25, 0.3) is 11.0 Å². The minimum absolute atomic E-state index is 0.194. The van der Waals surface area contributed by atoms with Crippen molar-refractivity contribution in [2.45, 2.75) is 45.9 Å². The molecule has 6 heteroatoms. The molecule has 0 fully saturated rings. The van der Waals surface area contributed by atoms with Crippen LogP contribution in [0.15, 0.2) is 12.1 Å². The van der Waals surface area contributed by atoms with Gasteiger partial charge in [-0.3, -0.25) is 0 Å². The summed E-state index contributed by atoms with van der Waals surface area (Å²) in [5.74, 6) is 0.639. The second kappa shape index (κ2) is 5.54. The maximum absolute atomic E-state index is 11.9. The molecule has 0 aliphatic heterocycles. The summed E-state index contributed by atoms with van der Waals surface area (Å²) in [4.78, 5) is 7.63. The number of nitrogens with zero attached hydrogens (tertiary/aromatic N) is 1. The molecule has 1 aromatic heterocycles. The van der Waals surface area contributed by atoms with Crippen molar-refractivity contribution in [2.75, 3.05) is 0 Å². The van der Waals surface area contributed by atoms with Gasteiger partial charge in [-0.1, -0.05) is 13.0 Å². The fourth-order valence-corrected chi connectivity index (χ4v) is 3.04. The summed E-state index contributed by atoms with van der Waals surface area (Å²) in [6.07, 6.45) is 0.591. The van der Waals surface area contributed by atoms with Crippen molar-refractivity contribution in [3.8, 4) is 0 Å². The average molecular weight is 295 g/mol. The molecule has 0 aliphatic carbocycles. The number of rotatable bonds is 5. The predicted molar refractivity (Wildman–Crippen MR) is 81.1 cm³/mol. The van der Waals surface area contributed by atoms with Crippen molar-refractivity contribution in [3.05, 3.63) is 29.1 Å². The number of hydrogen-bond donors (Lipinski definition) is 2. The molecule has 20 heavy (non-hydrogen) atoms. The van der Waals surface area contributed by atoms with Crippen molar-refractivity contribution in [3.63, 3.8) is 0 Å². The van der Waals surface area contributed by atoms with Crippen LogP contribution >= 0.6 is 0 Å². The van der Waals surface area contributed by atoms with Gasteiger partial charge in [-0.2, -0.15) is 0 Å². The Hall–Kier alpha value is -1.40. The first-order chi connectivity index (χ1) is 9.35. The second-order valence-electron chi connectivity index (χ2n) is 5.17. The molecule has 0 spiro atoms. The van der Waals surface area contributed by atoms with E-state index in [1.54, 1.807) is 6.92 Å². The Morgan fingerprint density at radius 1 is 1.35 bits per heavy atom. The van der Waals surface area contributed by atoms with Gasteiger partial charge in [-0.05, 0) is 44.4 Å². The Morgan fingerprint density at radius 3 is 2.70 bits per heavy atom. The highest BCUT2D eigenvalue weighted by atomic mass is 32.2. The number of aromatic nitrogens is 2. The third-order valence-electron chi connectivity index (χ3n) is 3.77. The van der Waals surface area contributed by atoms with Gasteiger partial charge in [0.2, 0.25) is 10.0 Å². The summed E-state index contributed by atoms with van der Waals surface area (Å²) in [6, 6.07) is 4.00. The Morgan fingerprint density at radius 2 is 2.05 bits per heavy atom.